The van der Waals surface area contributed by atoms with Gasteiger partial charge in [0.05, 0.1) is 0 Å². The lowest BCUT2D eigenvalue weighted by molar-refractivity contribution is -0.129. The number of dihydropyridines is 1. The maximum atomic E-state index is 10.8. The zero-order chi connectivity index (χ0) is 8.43. The molecule has 1 rings (SSSR count). The van der Waals surface area contributed by atoms with Crippen LogP contribution in [0.2, 0.25) is 0 Å². The molecule has 1 unspecified atom stereocenters. The van der Waals surface area contributed by atoms with Crippen LogP contribution in [-0.2, 0) is 9.59 Å². The van der Waals surface area contributed by atoms with E-state index < -0.39 is 17.7 Å². The first-order valence-corrected chi connectivity index (χ1v) is 3.17. The average Bonchev–Trinajstić information content (AvgIpc) is 1.94. The number of nitrogens with two attached hydrogens (primary N) is 1. The molecular formula is C7H8N2O2. The quantitative estimate of drug-likeness (QED) is 0.521. The minimum Gasteiger partial charge on any atom is -0.369 e. The second kappa shape index (κ2) is 2.65. The van der Waals surface area contributed by atoms with E-state index in [1.165, 1.54) is 12.3 Å². The highest BCUT2D eigenvalue weighted by Gasteiger charge is 2.23. The molecule has 1 heterocycles. The number of nitrogens with zero attached hydrogens (tertiary/aromatic N) is 1. The summed E-state index contributed by atoms with van der Waals surface area (Å²) in [5.41, 5.74) is 5.73. The van der Waals surface area contributed by atoms with Gasteiger partial charge in [-0.05, 0) is 12.5 Å². The highest BCUT2D eigenvalue weighted by atomic mass is 16.2. The Labute approximate surface area is 63.8 Å². The maximum Gasteiger partial charge on any atom is 0.262 e. The van der Waals surface area contributed by atoms with Crippen LogP contribution in [-0.4, -0.2) is 18.0 Å². The van der Waals surface area contributed by atoms with Crippen LogP contribution < -0.4 is 5.73 Å². The molecule has 0 radical (unpaired) electrons. The summed E-state index contributed by atoms with van der Waals surface area (Å²) in [6, 6.07) is 0. The van der Waals surface area contributed by atoms with Crippen molar-refractivity contribution < 1.29 is 9.59 Å². The molecule has 0 aromatic rings. The lowest BCUT2D eigenvalue weighted by atomic mass is 10.0. The zero-order valence-electron chi connectivity index (χ0n) is 6.07. The minimum atomic E-state index is -0.861. The standard InChI is InChI=1S/C7H8N2O2/c1-4-2-5(6(8)10)7(11)9-3-4/h2-3,5H,1H3,(H2,8,10). The van der Waals surface area contributed by atoms with Crippen molar-refractivity contribution in [3.8, 4) is 0 Å². The Hall–Kier alpha value is -1.45. The normalized spacial score (nSPS) is 23.2. The van der Waals surface area contributed by atoms with E-state index in [2.05, 4.69) is 4.99 Å². The van der Waals surface area contributed by atoms with Crippen molar-refractivity contribution in [2.45, 2.75) is 6.92 Å². The topological polar surface area (TPSA) is 72.5 Å². The van der Waals surface area contributed by atoms with Crippen molar-refractivity contribution in [1.29, 1.82) is 0 Å². The van der Waals surface area contributed by atoms with Gasteiger partial charge in [-0.25, -0.2) is 4.99 Å². The second-order valence-electron chi connectivity index (χ2n) is 2.39. The number of carbonyl (C=O) groups is 2. The van der Waals surface area contributed by atoms with Crippen molar-refractivity contribution in [3.63, 3.8) is 0 Å². The second-order valence-corrected chi connectivity index (χ2v) is 2.39. The molecule has 2 N–H and O–H groups in total. The highest BCUT2D eigenvalue weighted by Crippen LogP contribution is 2.09. The molecular weight excluding hydrogens is 144 g/mol. The monoisotopic (exact) mass is 152 g/mol. The van der Waals surface area contributed by atoms with Crippen molar-refractivity contribution >= 4 is 18.0 Å². The van der Waals surface area contributed by atoms with Crippen LogP contribution in [0, 0.1) is 5.92 Å². The van der Waals surface area contributed by atoms with E-state index >= 15 is 0 Å². The Morgan fingerprint density at radius 3 is 2.82 bits per heavy atom. The predicted molar refractivity (Wildman–Crippen MR) is 39.9 cm³/mol. The number of hydrogen-bond acceptors (Lipinski definition) is 2. The van der Waals surface area contributed by atoms with Crippen molar-refractivity contribution in [3.05, 3.63) is 11.6 Å². The molecule has 0 aromatic heterocycles. The summed E-state index contributed by atoms with van der Waals surface area (Å²) in [5.74, 6) is -1.99. The van der Waals surface area contributed by atoms with E-state index in [1.807, 2.05) is 0 Å². The van der Waals surface area contributed by atoms with Crippen LogP contribution in [0.15, 0.2) is 16.6 Å². The van der Waals surface area contributed by atoms with Gasteiger partial charge in [0.1, 0.15) is 5.92 Å². The SMILES string of the molecule is CC1=CC(C(N)=O)C(=O)N=C1. The Bertz CT molecular complexity index is 266. The van der Waals surface area contributed by atoms with E-state index in [1.54, 1.807) is 6.92 Å². The Kier molecular flexibility index (Phi) is 1.85. The first-order chi connectivity index (χ1) is 5.11. The summed E-state index contributed by atoms with van der Waals surface area (Å²) in [7, 11) is 0. The number of amides is 2. The molecule has 1 atom stereocenters. The van der Waals surface area contributed by atoms with Gasteiger partial charge in [-0.1, -0.05) is 6.08 Å². The lowest BCUT2D eigenvalue weighted by Gasteiger charge is -2.08. The summed E-state index contributed by atoms with van der Waals surface area (Å²) in [6.07, 6.45) is 2.93. The van der Waals surface area contributed by atoms with E-state index in [0.29, 0.717) is 0 Å². The largest absolute Gasteiger partial charge is 0.369 e. The van der Waals surface area contributed by atoms with Gasteiger partial charge in [-0.3, -0.25) is 9.59 Å². The molecule has 0 aliphatic carbocycles. The molecule has 0 aromatic carbocycles. The van der Waals surface area contributed by atoms with Gasteiger partial charge in [0, 0.05) is 6.21 Å². The molecule has 0 saturated carbocycles. The van der Waals surface area contributed by atoms with Crippen molar-refractivity contribution in [2.75, 3.05) is 0 Å². The minimum absolute atomic E-state index is 0.483. The molecule has 1 aliphatic heterocycles. The third-order valence-electron chi connectivity index (χ3n) is 1.40. The van der Waals surface area contributed by atoms with Gasteiger partial charge in [0.2, 0.25) is 5.91 Å². The van der Waals surface area contributed by atoms with E-state index in [0.717, 1.165) is 5.57 Å². The fourth-order valence-corrected chi connectivity index (χ4v) is 0.827. The molecule has 11 heavy (non-hydrogen) atoms. The molecule has 0 bridgehead atoms. The summed E-state index contributed by atoms with van der Waals surface area (Å²) < 4.78 is 0. The lowest BCUT2D eigenvalue weighted by Crippen LogP contribution is -2.29. The summed E-state index contributed by atoms with van der Waals surface area (Å²) in [5, 5.41) is 0. The zero-order valence-corrected chi connectivity index (χ0v) is 6.07. The third-order valence-corrected chi connectivity index (χ3v) is 1.40. The van der Waals surface area contributed by atoms with Gasteiger partial charge in [0.25, 0.3) is 5.91 Å². The Morgan fingerprint density at radius 1 is 1.73 bits per heavy atom. The predicted octanol–water partition coefficient (Wildman–Crippen LogP) is -0.355. The molecule has 1 aliphatic rings. The Morgan fingerprint density at radius 2 is 2.36 bits per heavy atom. The van der Waals surface area contributed by atoms with Crippen LogP contribution in [0.1, 0.15) is 6.92 Å². The van der Waals surface area contributed by atoms with Gasteiger partial charge >= 0.3 is 0 Å². The van der Waals surface area contributed by atoms with E-state index in [-0.39, 0.29) is 0 Å². The van der Waals surface area contributed by atoms with Crippen LogP contribution in [0.4, 0.5) is 0 Å². The molecule has 2 amide bonds. The molecule has 0 spiro atoms. The molecule has 0 fully saturated rings. The number of aliphatic imine (C=N–C) groups is 1. The first-order valence-electron chi connectivity index (χ1n) is 3.17. The maximum absolute atomic E-state index is 10.8. The number of allylic oxidation sites excluding steroid dienone is 1. The first kappa shape index (κ1) is 7.65. The average molecular weight is 152 g/mol. The number of hydrogen-bond donors (Lipinski definition) is 1. The number of carbonyl (C=O) groups excluding carboxylic acids is 2. The fraction of sp³-hybridized carbons (Fsp3) is 0.286. The van der Waals surface area contributed by atoms with E-state index in [4.69, 9.17) is 5.73 Å². The Balaban J connectivity index is 2.90. The van der Waals surface area contributed by atoms with Crippen LogP contribution >= 0.6 is 0 Å². The van der Waals surface area contributed by atoms with Crippen molar-refractivity contribution in [1.82, 2.24) is 0 Å². The van der Waals surface area contributed by atoms with Crippen molar-refractivity contribution in [2.24, 2.45) is 16.6 Å². The molecule has 4 nitrogen and oxygen atoms in total. The highest BCUT2D eigenvalue weighted by molar-refractivity contribution is 6.08. The van der Waals surface area contributed by atoms with Crippen LogP contribution in [0.3, 0.4) is 0 Å². The fourth-order valence-electron chi connectivity index (χ4n) is 0.827. The van der Waals surface area contributed by atoms with Gasteiger partial charge < -0.3 is 5.73 Å². The van der Waals surface area contributed by atoms with Crippen LogP contribution in [0.5, 0.6) is 0 Å². The molecule has 0 saturated heterocycles. The van der Waals surface area contributed by atoms with Gasteiger partial charge in [0.15, 0.2) is 0 Å². The van der Waals surface area contributed by atoms with Gasteiger partial charge in [-0.15, -0.1) is 0 Å². The van der Waals surface area contributed by atoms with Gasteiger partial charge in [-0.2, -0.15) is 0 Å². The molecule has 4 heteroatoms. The number of primary amides is 1. The smallest absolute Gasteiger partial charge is 0.262 e. The number of rotatable bonds is 1. The van der Waals surface area contributed by atoms with E-state index in [9.17, 15) is 9.59 Å². The van der Waals surface area contributed by atoms with Crippen LogP contribution in [0.25, 0.3) is 0 Å². The summed E-state index contributed by atoms with van der Waals surface area (Å²) >= 11 is 0. The third kappa shape index (κ3) is 1.52. The molecule has 58 valence electrons. The summed E-state index contributed by atoms with van der Waals surface area (Å²) in [6.45, 7) is 1.76. The summed E-state index contributed by atoms with van der Waals surface area (Å²) in [4.78, 5) is 24.9.